The first kappa shape index (κ1) is 21.1. The topological polar surface area (TPSA) is 71.5 Å². The van der Waals surface area contributed by atoms with Gasteiger partial charge in [0.1, 0.15) is 5.75 Å². The van der Waals surface area contributed by atoms with Crippen molar-refractivity contribution in [2.45, 2.75) is 40.2 Å². The first-order valence-electron chi connectivity index (χ1n) is 10.3. The molecule has 1 aromatic heterocycles. The number of aromatic nitrogens is 1. The number of hydrogen-bond donors (Lipinski definition) is 1. The third-order valence-electron chi connectivity index (χ3n) is 5.36. The third kappa shape index (κ3) is 4.05. The molecule has 1 aliphatic heterocycles. The highest BCUT2D eigenvalue weighted by atomic mass is 32.1. The molecule has 0 spiro atoms. The lowest BCUT2D eigenvalue weighted by Crippen LogP contribution is -2.33. The molecule has 1 unspecified atom stereocenters. The molecule has 0 fully saturated rings. The maximum Gasteiger partial charge on any atom is 0.261 e. The molecule has 0 aliphatic carbocycles. The minimum absolute atomic E-state index is 0.0566. The zero-order chi connectivity index (χ0) is 22.1. The van der Waals surface area contributed by atoms with Gasteiger partial charge in [-0.3, -0.25) is 14.9 Å². The zero-order valence-corrected chi connectivity index (χ0v) is 18.9. The number of thiazole rings is 1. The summed E-state index contributed by atoms with van der Waals surface area (Å²) >= 11 is 1.44. The Labute approximate surface area is 185 Å². The van der Waals surface area contributed by atoms with Crippen molar-refractivity contribution in [2.24, 2.45) is 0 Å². The Morgan fingerprint density at radius 1 is 1.26 bits per heavy atom. The van der Waals surface area contributed by atoms with Crippen molar-refractivity contribution in [1.29, 1.82) is 0 Å². The van der Waals surface area contributed by atoms with Crippen LogP contribution in [0.5, 0.6) is 5.75 Å². The summed E-state index contributed by atoms with van der Waals surface area (Å²) in [4.78, 5) is 32.3. The summed E-state index contributed by atoms with van der Waals surface area (Å²) in [5.74, 6) is 0.365. The number of nitrogens with one attached hydrogen (secondary N) is 1. The highest BCUT2D eigenvalue weighted by Gasteiger charge is 2.29. The Hall–Kier alpha value is -3.19. The lowest BCUT2D eigenvalue weighted by molar-refractivity contribution is -0.116. The number of aryl methyl sites for hydroxylation is 1. The molecular formula is C24H25N3O3S. The molecule has 0 saturated heterocycles. The molecule has 0 radical (unpaired) electrons. The van der Waals surface area contributed by atoms with Crippen LogP contribution in [0.4, 0.5) is 10.8 Å². The van der Waals surface area contributed by atoms with Gasteiger partial charge in [0, 0.05) is 29.1 Å². The van der Waals surface area contributed by atoms with Crippen molar-refractivity contribution in [3.63, 3.8) is 0 Å². The van der Waals surface area contributed by atoms with Crippen LogP contribution in [-0.4, -0.2) is 29.4 Å². The van der Waals surface area contributed by atoms with Crippen LogP contribution in [0.3, 0.4) is 0 Å². The first-order valence-corrected chi connectivity index (χ1v) is 11.1. The van der Waals surface area contributed by atoms with Gasteiger partial charge in [-0.1, -0.05) is 18.2 Å². The Morgan fingerprint density at radius 3 is 2.77 bits per heavy atom. The highest BCUT2D eigenvalue weighted by molar-refractivity contribution is 7.16. The average molecular weight is 436 g/mol. The number of fused-ring (bicyclic) bond motifs is 1. The molecular weight excluding hydrogens is 410 g/mol. The van der Waals surface area contributed by atoms with E-state index in [4.69, 9.17) is 4.74 Å². The Bertz CT molecular complexity index is 1150. The van der Waals surface area contributed by atoms with Gasteiger partial charge in [-0.05, 0) is 57.0 Å². The largest absolute Gasteiger partial charge is 0.493 e. The molecule has 1 N–H and O–H groups in total. The maximum absolute atomic E-state index is 12.8. The van der Waals surface area contributed by atoms with Gasteiger partial charge in [0.05, 0.1) is 17.9 Å². The summed E-state index contributed by atoms with van der Waals surface area (Å²) in [5.41, 5.74) is 4.42. The van der Waals surface area contributed by atoms with Crippen LogP contribution in [0.25, 0.3) is 11.3 Å². The average Bonchev–Trinajstić information content (AvgIpc) is 3.26. The number of amides is 2. The number of benzene rings is 2. The molecule has 0 bridgehead atoms. The van der Waals surface area contributed by atoms with Gasteiger partial charge in [0.15, 0.2) is 5.13 Å². The number of carbonyl (C=O) groups is 2. The minimum atomic E-state index is -0.246. The number of carbonyl (C=O) groups excluding carboxylic acids is 2. The summed E-state index contributed by atoms with van der Waals surface area (Å²) in [5, 5.41) is 3.45. The predicted octanol–water partition coefficient (Wildman–Crippen LogP) is 5.07. The van der Waals surface area contributed by atoms with Gasteiger partial charge in [-0.2, -0.15) is 0 Å². The summed E-state index contributed by atoms with van der Waals surface area (Å²) in [6, 6.07) is 13.4. The Morgan fingerprint density at radius 2 is 2.03 bits per heavy atom. The van der Waals surface area contributed by atoms with Crippen LogP contribution in [-0.2, 0) is 11.2 Å². The lowest BCUT2D eigenvalue weighted by atomic mass is 10.0. The highest BCUT2D eigenvalue weighted by Crippen LogP contribution is 2.37. The van der Waals surface area contributed by atoms with Gasteiger partial charge in [0.25, 0.3) is 5.91 Å². The fourth-order valence-electron chi connectivity index (χ4n) is 4.08. The van der Waals surface area contributed by atoms with Crippen molar-refractivity contribution in [3.05, 3.63) is 58.5 Å². The van der Waals surface area contributed by atoms with E-state index in [1.807, 2.05) is 43.0 Å². The van der Waals surface area contributed by atoms with Gasteiger partial charge < -0.3 is 9.64 Å². The van der Waals surface area contributed by atoms with Crippen LogP contribution in [0.2, 0.25) is 0 Å². The molecule has 0 saturated carbocycles. The number of ether oxygens (including phenoxy) is 1. The SMILES string of the molecule is CCOc1ccccc1C(=O)Nc1nc(-c2ccc3c(c2)CC(C)N3C(C)=O)c(C)s1. The van der Waals surface area contributed by atoms with E-state index in [-0.39, 0.29) is 17.9 Å². The molecule has 2 aromatic carbocycles. The van der Waals surface area contributed by atoms with Crippen molar-refractivity contribution >= 4 is 34.0 Å². The second-order valence-electron chi connectivity index (χ2n) is 7.59. The standard InChI is InChI=1S/C24H25N3O3S/c1-5-30-21-9-7-6-8-19(21)23(29)26-24-25-22(15(3)31-24)17-10-11-20-18(13-17)12-14(2)27(20)16(4)28/h6-11,13-14H,5,12H2,1-4H3,(H,25,26,29). The van der Waals surface area contributed by atoms with E-state index in [9.17, 15) is 9.59 Å². The minimum Gasteiger partial charge on any atom is -0.493 e. The van der Waals surface area contributed by atoms with Crippen molar-refractivity contribution in [1.82, 2.24) is 4.98 Å². The molecule has 6 nitrogen and oxygen atoms in total. The molecule has 7 heteroatoms. The molecule has 2 amide bonds. The van der Waals surface area contributed by atoms with Crippen molar-refractivity contribution < 1.29 is 14.3 Å². The van der Waals surface area contributed by atoms with E-state index in [1.165, 1.54) is 11.3 Å². The van der Waals surface area contributed by atoms with Crippen LogP contribution >= 0.6 is 11.3 Å². The Balaban J connectivity index is 1.59. The number of nitrogens with zero attached hydrogens (tertiary/aromatic N) is 2. The van der Waals surface area contributed by atoms with E-state index >= 15 is 0 Å². The van der Waals surface area contributed by atoms with Gasteiger partial charge in [0.2, 0.25) is 5.91 Å². The van der Waals surface area contributed by atoms with E-state index in [0.717, 1.165) is 33.8 Å². The summed E-state index contributed by atoms with van der Waals surface area (Å²) in [7, 11) is 0. The van der Waals surface area contributed by atoms with Gasteiger partial charge in [-0.15, -0.1) is 11.3 Å². The van der Waals surface area contributed by atoms with Gasteiger partial charge >= 0.3 is 0 Å². The number of anilines is 2. The molecule has 160 valence electrons. The molecule has 1 aliphatic rings. The first-order chi connectivity index (χ1) is 14.9. The fourth-order valence-corrected chi connectivity index (χ4v) is 4.91. The van der Waals surface area contributed by atoms with E-state index < -0.39 is 0 Å². The predicted molar refractivity (Wildman–Crippen MR) is 124 cm³/mol. The summed E-state index contributed by atoms with van der Waals surface area (Å²) in [6.45, 7) is 8.03. The van der Waals surface area contributed by atoms with Crippen LogP contribution < -0.4 is 15.0 Å². The Kier molecular flexibility index (Phi) is 5.78. The molecule has 2 heterocycles. The van der Waals surface area contributed by atoms with E-state index in [2.05, 4.69) is 23.3 Å². The van der Waals surface area contributed by atoms with Crippen LogP contribution in [0.1, 0.15) is 41.6 Å². The van der Waals surface area contributed by atoms with Crippen molar-refractivity contribution in [2.75, 3.05) is 16.8 Å². The quantitative estimate of drug-likeness (QED) is 0.608. The summed E-state index contributed by atoms with van der Waals surface area (Å²) in [6.07, 6.45) is 0.823. The molecule has 4 rings (SSSR count). The lowest BCUT2D eigenvalue weighted by Gasteiger charge is -2.20. The van der Waals surface area contributed by atoms with E-state index in [0.29, 0.717) is 23.1 Å². The van der Waals surface area contributed by atoms with Crippen molar-refractivity contribution in [3.8, 4) is 17.0 Å². The third-order valence-corrected chi connectivity index (χ3v) is 6.24. The zero-order valence-electron chi connectivity index (χ0n) is 18.1. The van der Waals surface area contributed by atoms with Crippen LogP contribution in [0, 0.1) is 6.92 Å². The van der Waals surface area contributed by atoms with Crippen LogP contribution in [0.15, 0.2) is 42.5 Å². The van der Waals surface area contributed by atoms with Gasteiger partial charge in [-0.25, -0.2) is 4.98 Å². The summed E-state index contributed by atoms with van der Waals surface area (Å²) < 4.78 is 5.57. The van der Waals surface area contributed by atoms with E-state index in [1.54, 1.807) is 19.1 Å². The second kappa shape index (κ2) is 8.51. The number of hydrogen-bond acceptors (Lipinski definition) is 5. The monoisotopic (exact) mass is 435 g/mol. The number of para-hydroxylation sites is 1. The number of rotatable bonds is 5. The maximum atomic E-state index is 12.8. The normalized spacial score (nSPS) is 15.0. The fraction of sp³-hybridized carbons (Fsp3) is 0.292. The second-order valence-corrected chi connectivity index (χ2v) is 8.80. The molecule has 3 aromatic rings. The smallest absolute Gasteiger partial charge is 0.261 e. The molecule has 1 atom stereocenters. The molecule has 31 heavy (non-hydrogen) atoms.